The fourth-order valence-electron chi connectivity index (χ4n) is 3.41. The van der Waals surface area contributed by atoms with Crippen LogP contribution in [0.5, 0.6) is 0 Å². The SMILES string of the molecule is CCN(C(=O)C1NCCCC1(C)C)C1CCS(=O)(=O)C1. The van der Waals surface area contributed by atoms with Gasteiger partial charge in [0.1, 0.15) is 0 Å². The molecular formula is C14H26N2O3S. The lowest BCUT2D eigenvalue weighted by molar-refractivity contribution is -0.139. The first-order valence-corrected chi connectivity index (χ1v) is 9.33. The van der Waals surface area contributed by atoms with Gasteiger partial charge in [0.2, 0.25) is 5.91 Å². The predicted octanol–water partition coefficient (Wildman–Crippen LogP) is 0.800. The molecule has 2 saturated heterocycles. The summed E-state index contributed by atoms with van der Waals surface area (Å²) in [6, 6.07) is -0.337. The number of nitrogens with one attached hydrogen (secondary N) is 1. The number of amides is 1. The molecule has 5 nitrogen and oxygen atoms in total. The van der Waals surface area contributed by atoms with Gasteiger partial charge in [0.05, 0.1) is 17.5 Å². The molecule has 2 atom stereocenters. The number of rotatable bonds is 3. The Morgan fingerprint density at radius 3 is 2.60 bits per heavy atom. The Morgan fingerprint density at radius 1 is 1.40 bits per heavy atom. The van der Waals surface area contributed by atoms with Gasteiger partial charge in [0.15, 0.2) is 9.84 Å². The molecule has 2 fully saturated rings. The van der Waals surface area contributed by atoms with Gasteiger partial charge in [-0.15, -0.1) is 0 Å². The lowest BCUT2D eigenvalue weighted by atomic mass is 9.77. The summed E-state index contributed by atoms with van der Waals surface area (Å²) >= 11 is 0. The van der Waals surface area contributed by atoms with E-state index >= 15 is 0 Å². The first-order valence-electron chi connectivity index (χ1n) is 7.51. The molecular weight excluding hydrogens is 276 g/mol. The van der Waals surface area contributed by atoms with Crippen molar-refractivity contribution in [3.8, 4) is 0 Å². The maximum Gasteiger partial charge on any atom is 0.240 e. The molecule has 0 spiro atoms. The minimum absolute atomic E-state index is 0.0688. The van der Waals surface area contributed by atoms with Gasteiger partial charge >= 0.3 is 0 Å². The topological polar surface area (TPSA) is 66.5 Å². The number of sulfone groups is 1. The Morgan fingerprint density at radius 2 is 2.10 bits per heavy atom. The molecule has 1 amide bonds. The molecule has 0 aromatic heterocycles. The van der Waals surface area contributed by atoms with Gasteiger partial charge in [-0.05, 0) is 38.1 Å². The second-order valence-electron chi connectivity index (χ2n) is 6.66. The molecule has 20 heavy (non-hydrogen) atoms. The van der Waals surface area contributed by atoms with Crippen LogP contribution in [0.3, 0.4) is 0 Å². The van der Waals surface area contributed by atoms with E-state index in [4.69, 9.17) is 0 Å². The van der Waals surface area contributed by atoms with Gasteiger partial charge in [-0.25, -0.2) is 8.42 Å². The Balaban J connectivity index is 2.13. The molecule has 0 bridgehead atoms. The number of piperidine rings is 1. The Kier molecular flexibility index (Phi) is 4.44. The zero-order valence-corrected chi connectivity index (χ0v) is 13.5. The highest BCUT2D eigenvalue weighted by Crippen LogP contribution is 2.32. The number of hydrogen-bond acceptors (Lipinski definition) is 4. The molecule has 6 heteroatoms. The van der Waals surface area contributed by atoms with Gasteiger partial charge < -0.3 is 10.2 Å². The third-order valence-electron chi connectivity index (χ3n) is 4.65. The van der Waals surface area contributed by atoms with Crippen LogP contribution in [0, 0.1) is 5.41 Å². The normalized spacial score (nSPS) is 31.9. The third kappa shape index (κ3) is 3.17. The maximum absolute atomic E-state index is 12.8. The number of hydrogen-bond donors (Lipinski definition) is 1. The van der Waals surface area contributed by atoms with Crippen molar-refractivity contribution in [3.63, 3.8) is 0 Å². The van der Waals surface area contributed by atoms with E-state index in [1.807, 2.05) is 6.92 Å². The number of likely N-dealkylation sites (N-methyl/N-ethyl adjacent to an activating group) is 1. The van der Waals surface area contributed by atoms with Gasteiger partial charge in [-0.2, -0.15) is 0 Å². The molecule has 0 aromatic carbocycles. The fraction of sp³-hybridized carbons (Fsp3) is 0.929. The molecule has 1 N–H and O–H groups in total. The van der Waals surface area contributed by atoms with Crippen LogP contribution in [0.25, 0.3) is 0 Å². The van der Waals surface area contributed by atoms with Gasteiger partial charge in [-0.1, -0.05) is 13.8 Å². The molecule has 116 valence electrons. The Bertz CT molecular complexity index is 473. The first-order chi connectivity index (χ1) is 9.27. The molecule has 2 aliphatic heterocycles. The van der Waals surface area contributed by atoms with Crippen molar-refractivity contribution >= 4 is 15.7 Å². The summed E-state index contributed by atoms with van der Waals surface area (Å²) in [4.78, 5) is 14.6. The summed E-state index contributed by atoms with van der Waals surface area (Å²) in [7, 11) is -2.96. The summed E-state index contributed by atoms with van der Waals surface area (Å²) in [5.41, 5.74) is -0.0692. The lowest BCUT2D eigenvalue weighted by Gasteiger charge is -2.42. The average Bonchev–Trinajstić information content (AvgIpc) is 2.69. The summed E-state index contributed by atoms with van der Waals surface area (Å²) in [5.74, 6) is 0.405. The second kappa shape index (κ2) is 5.64. The molecule has 2 heterocycles. The summed E-state index contributed by atoms with van der Waals surface area (Å²) < 4.78 is 23.3. The summed E-state index contributed by atoms with van der Waals surface area (Å²) in [6.07, 6.45) is 2.69. The van der Waals surface area contributed by atoms with Crippen molar-refractivity contribution in [1.29, 1.82) is 0 Å². The Hall–Kier alpha value is -0.620. The smallest absolute Gasteiger partial charge is 0.240 e. The summed E-state index contributed by atoms with van der Waals surface area (Å²) in [6.45, 7) is 7.59. The van der Waals surface area contributed by atoms with Crippen molar-refractivity contribution in [2.75, 3.05) is 24.6 Å². The molecule has 0 aromatic rings. The number of carbonyl (C=O) groups excluding carboxylic acids is 1. The minimum Gasteiger partial charge on any atom is -0.338 e. The van der Waals surface area contributed by atoms with Crippen LogP contribution < -0.4 is 5.32 Å². The van der Waals surface area contributed by atoms with Crippen molar-refractivity contribution in [1.82, 2.24) is 10.2 Å². The van der Waals surface area contributed by atoms with E-state index in [0.29, 0.717) is 13.0 Å². The largest absolute Gasteiger partial charge is 0.338 e. The molecule has 0 aliphatic carbocycles. The monoisotopic (exact) mass is 302 g/mol. The molecule has 2 aliphatic rings. The number of nitrogens with zero attached hydrogens (tertiary/aromatic N) is 1. The van der Waals surface area contributed by atoms with Crippen molar-refractivity contribution in [2.45, 2.75) is 52.1 Å². The van der Waals surface area contributed by atoms with Crippen molar-refractivity contribution in [3.05, 3.63) is 0 Å². The van der Waals surface area contributed by atoms with E-state index in [1.54, 1.807) is 4.90 Å². The first kappa shape index (κ1) is 15.8. The molecule has 0 saturated carbocycles. The van der Waals surface area contributed by atoms with Crippen LogP contribution in [0.4, 0.5) is 0 Å². The fourth-order valence-corrected chi connectivity index (χ4v) is 5.14. The molecule has 0 radical (unpaired) electrons. The van der Waals surface area contributed by atoms with E-state index < -0.39 is 9.84 Å². The zero-order valence-electron chi connectivity index (χ0n) is 12.7. The van der Waals surface area contributed by atoms with E-state index in [-0.39, 0.29) is 34.9 Å². The van der Waals surface area contributed by atoms with Crippen LogP contribution in [0.2, 0.25) is 0 Å². The predicted molar refractivity (Wildman–Crippen MR) is 79.3 cm³/mol. The molecule has 2 rings (SSSR count). The van der Waals surface area contributed by atoms with Crippen LogP contribution in [0.1, 0.15) is 40.0 Å². The van der Waals surface area contributed by atoms with Crippen LogP contribution in [-0.4, -0.2) is 55.9 Å². The maximum atomic E-state index is 12.8. The standard InChI is InChI=1S/C14H26N2O3S/c1-4-16(11-6-9-20(18,19)10-11)13(17)12-14(2,3)7-5-8-15-12/h11-12,15H,4-10H2,1-3H3. The molecule has 2 unspecified atom stereocenters. The Labute approximate surface area is 122 Å². The van der Waals surface area contributed by atoms with E-state index in [1.165, 1.54) is 0 Å². The van der Waals surface area contributed by atoms with Gasteiger partial charge in [-0.3, -0.25) is 4.79 Å². The van der Waals surface area contributed by atoms with Crippen LogP contribution >= 0.6 is 0 Å². The average molecular weight is 302 g/mol. The highest BCUT2D eigenvalue weighted by molar-refractivity contribution is 7.91. The van der Waals surface area contributed by atoms with Crippen molar-refractivity contribution in [2.24, 2.45) is 5.41 Å². The summed E-state index contributed by atoms with van der Waals surface area (Å²) in [5, 5.41) is 3.33. The highest BCUT2D eigenvalue weighted by Gasteiger charge is 2.42. The van der Waals surface area contributed by atoms with Crippen LogP contribution in [0.15, 0.2) is 0 Å². The zero-order chi connectivity index (χ0) is 15.0. The third-order valence-corrected chi connectivity index (χ3v) is 6.40. The van der Waals surface area contributed by atoms with Crippen LogP contribution in [-0.2, 0) is 14.6 Å². The quantitative estimate of drug-likeness (QED) is 0.837. The second-order valence-corrected chi connectivity index (χ2v) is 8.89. The highest BCUT2D eigenvalue weighted by atomic mass is 32.2. The van der Waals surface area contributed by atoms with Gasteiger partial charge in [0, 0.05) is 12.6 Å². The minimum atomic E-state index is -2.96. The van der Waals surface area contributed by atoms with E-state index in [9.17, 15) is 13.2 Å². The van der Waals surface area contributed by atoms with Gasteiger partial charge in [0.25, 0.3) is 0 Å². The van der Waals surface area contributed by atoms with Crippen molar-refractivity contribution < 1.29 is 13.2 Å². The lowest BCUT2D eigenvalue weighted by Crippen LogP contribution is -2.58. The van der Waals surface area contributed by atoms with E-state index in [2.05, 4.69) is 19.2 Å². The number of carbonyl (C=O) groups is 1. The van der Waals surface area contributed by atoms with E-state index in [0.717, 1.165) is 19.4 Å².